The van der Waals surface area contributed by atoms with E-state index in [2.05, 4.69) is 37.4 Å². The third kappa shape index (κ3) is 5.97. The molecule has 1 aliphatic heterocycles. The Morgan fingerprint density at radius 2 is 1.97 bits per heavy atom. The van der Waals surface area contributed by atoms with Gasteiger partial charge in [-0.3, -0.25) is 4.99 Å². The maximum absolute atomic E-state index is 13.3. The molecule has 186 valence electrons. The van der Waals surface area contributed by atoms with E-state index in [1.54, 1.807) is 6.20 Å². The molecule has 0 bridgehead atoms. The number of hydrogen-bond acceptors (Lipinski definition) is 4. The highest BCUT2D eigenvalue weighted by molar-refractivity contribution is 8.00. The minimum atomic E-state index is -1.23. The van der Waals surface area contributed by atoms with Crippen molar-refractivity contribution in [3.63, 3.8) is 0 Å². The van der Waals surface area contributed by atoms with Crippen LogP contribution in [0.2, 0.25) is 10.0 Å². The van der Waals surface area contributed by atoms with E-state index in [0.717, 1.165) is 57.2 Å². The Morgan fingerprint density at radius 3 is 2.69 bits per heavy atom. The number of hydrogen-bond donors (Lipinski definition) is 2. The van der Waals surface area contributed by atoms with Crippen molar-refractivity contribution in [3.05, 3.63) is 63.9 Å². The van der Waals surface area contributed by atoms with Crippen LogP contribution in [0, 0.1) is 5.92 Å². The van der Waals surface area contributed by atoms with Gasteiger partial charge in [-0.2, -0.15) is 0 Å². The lowest BCUT2D eigenvalue weighted by molar-refractivity contribution is 0.453. The van der Waals surface area contributed by atoms with E-state index < -0.39 is 11.0 Å². The molecule has 1 aliphatic rings. The van der Waals surface area contributed by atoms with Crippen LogP contribution in [-0.4, -0.2) is 32.3 Å². The zero-order valence-corrected chi connectivity index (χ0v) is 23.5. The van der Waals surface area contributed by atoms with Crippen molar-refractivity contribution in [2.45, 2.75) is 50.3 Å². The van der Waals surface area contributed by atoms with Gasteiger partial charge in [-0.05, 0) is 86.5 Å². The molecule has 0 amide bonds. The number of benzene rings is 2. The number of fused-ring (bicyclic) bond motifs is 1. The average Bonchev–Trinajstić information content (AvgIpc) is 3.26. The van der Waals surface area contributed by atoms with Gasteiger partial charge in [0.05, 0.1) is 38.4 Å². The van der Waals surface area contributed by atoms with E-state index in [4.69, 9.17) is 28.2 Å². The molecule has 2 N–H and O–H groups in total. The number of nitrogens with zero attached hydrogens (tertiary/aromatic N) is 2. The SMILES string of the molecule is CCC(C)C(C)=NC1=C(C)CCN(S(=O)c2ccc(SNc3ccc(Cl)c4c(Cl)c[nH]c34)cc2)C1. The molecule has 2 aromatic carbocycles. The van der Waals surface area contributed by atoms with Gasteiger partial charge in [-0.25, -0.2) is 8.51 Å². The summed E-state index contributed by atoms with van der Waals surface area (Å²) in [7, 11) is -1.23. The Morgan fingerprint density at radius 1 is 1.23 bits per heavy atom. The Hall–Kier alpha value is -1.77. The van der Waals surface area contributed by atoms with Crippen LogP contribution in [0.25, 0.3) is 10.9 Å². The van der Waals surface area contributed by atoms with Crippen molar-refractivity contribution in [1.82, 2.24) is 9.29 Å². The molecule has 35 heavy (non-hydrogen) atoms. The van der Waals surface area contributed by atoms with E-state index in [1.165, 1.54) is 17.5 Å². The first kappa shape index (κ1) is 26.3. The minimum absolute atomic E-state index is 0.452. The minimum Gasteiger partial charge on any atom is -0.358 e. The first-order valence-electron chi connectivity index (χ1n) is 11.7. The summed E-state index contributed by atoms with van der Waals surface area (Å²) in [6.45, 7) is 9.98. The summed E-state index contributed by atoms with van der Waals surface area (Å²) >= 11 is 14.0. The lowest BCUT2D eigenvalue weighted by Crippen LogP contribution is -2.33. The smallest absolute Gasteiger partial charge is 0.127 e. The third-order valence-electron chi connectivity index (χ3n) is 6.47. The Bertz CT molecular complexity index is 1300. The van der Waals surface area contributed by atoms with Gasteiger partial charge in [0.2, 0.25) is 0 Å². The molecule has 0 fully saturated rings. The molecule has 2 unspecified atom stereocenters. The summed E-state index contributed by atoms with van der Waals surface area (Å²) in [6, 6.07) is 11.6. The van der Waals surface area contributed by atoms with E-state index in [0.29, 0.717) is 22.5 Å². The number of nitrogens with one attached hydrogen (secondary N) is 2. The van der Waals surface area contributed by atoms with Crippen molar-refractivity contribution >= 4 is 68.4 Å². The lowest BCUT2D eigenvalue weighted by Gasteiger charge is -2.27. The summed E-state index contributed by atoms with van der Waals surface area (Å²) in [4.78, 5) is 9.87. The number of H-pyrrole nitrogens is 1. The zero-order valence-electron chi connectivity index (χ0n) is 20.3. The maximum atomic E-state index is 13.3. The average molecular weight is 550 g/mol. The van der Waals surface area contributed by atoms with Crippen LogP contribution in [0.5, 0.6) is 0 Å². The highest BCUT2D eigenvalue weighted by atomic mass is 35.5. The molecule has 2 atom stereocenters. The second-order valence-electron chi connectivity index (χ2n) is 8.81. The molecule has 2 heterocycles. The van der Waals surface area contributed by atoms with Gasteiger partial charge in [-0.15, -0.1) is 0 Å². The van der Waals surface area contributed by atoms with E-state index in [9.17, 15) is 4.21 Å². The van der Waals surface area contributed by atoms with Gasteiger partial charge in [0.1, 0.15) is 11.0 Å². The van der Waals surface area contributed by atoms with Crippen molar-refractivity contribution in [3.8, 4) is 0 Å². The predicted octanol–water partition coefficient (Wildman–Crippen LogP) is 8.10. The topological polar surface area (TPSA) is 60.5 Å². The maximum Gasteiger partial charge on any atom is 0.127 e. The van der Waals surface area contributed by atoms with Crippen molar-refractivity contribution in [1.29, 1.82) is 0 Å². The second-order valence-corrected chi connectivity index (χ2v) is 12.0. The predicted molar refractivity (Wildman–Crippen MR) is 152 cm³/mol. The van der Waals surface area contributed by atoms with Crippen LogP contribution in [0.3, 0.4) is 0 Å². The summed E-state index contributed by atoms with van der Waals surface area (Å²) in [6.07, 6.45) is 3.68. The van der Waals surface area contributed by atoms with Gasteiger partial charge in [-0.1, -0.05) is 37.0 Å². The fourth-order valence-electron chi connectivity index (χ4n) is 3.85. The van der Waals surface area contributed by atoms with Crippen LogP contribution in [0.1, 0.15) is 40.5 Å². The molecule has 0 radical (unpaired) electrons. The Kier molecular flexibility index (Phi) is 8.66. The number of anilines is 1. The summed E-state index contributed by atoms with van der Waals surface area (Å²) in [5.41, 5.74) is 5.24. The molecule has 0 spiro atoms. The van der Waals surface area contributed by atoms with Crippen molar-refractivity contribution in [2.75, 3.05) is 17.8 Å². The number of halogens is 2. The summed E-state index contributed by atoms with van der Waals surface area (Å²) in [5.74, 6) is 0.452. The monoisotopic (exact) mass is 548 g/mol. The van der Waals surface area contributed by atoms with Crippen LogP contribution in [0.15, 0.2) is 68.6 Å². The number of rotatable bonds is 8. The van der Waals surface area contributed by atoms with Crippen LogP contribution < -0.4 is 4.72 Å². The van der Waals surface area contributed by atoms with Crippen LogP contribution in [-0.2, 0) is 11.0 Å². The molecule has 0 aliphatic carbocycles. The van der Waals surface area contributed by atoms with E-state index in [-0.39, 0.29) is 0 Å². The lowest BCUT2D eigenvalue weighted by atomic mass is 10.0. The molecule has 3 aromatic rings. The number of aromatic amines is 1. The molecule has 4 rings (SSSR count). The van der Waals surface area contributed by atoms with Gasteiger partial charge in [0, 0.05) is 28.7 Å². The normalized spacial score (nSPS) is 17.1. The largest absolute Gasteiger partial charge is 0.358 e. The van der Waals surface area contributed by atoms with E-state index in [1.807, 2.05) is 40.7 Å². The van der Waals surface area contributed by atoms with Gasteiger partial charge >= 0.3 is 0 Å². The van der Waals surface area contributed by atoms with Gasteiger partial charge in [0.15, 0.2) is 0 Å². The number of aromatic nitrogens is 1. The second kappa shape index (κ2) is 11.5. The third-order valence-corrected chi connectivity index (χ3v) is 9.37. The highest BCUT2D eigenvalue weighted by Crippen LogP contribution is 2.36. The first-order chi connectivity index (χ1) is 16.8. The molecule has 0 saturated carbocycles. The van der Waals surface area contributed by atoms with Crippen molar-refractivity contribution in [2.24, 2.45) is 10.9 Å². The molecular formula is C26H30Cl2N4OS2. The molecular weight excluding hydrogens is 519 g/mol. The zero-order chi connectivity index (χ0) is 25.1. The fourth-order valence-corrected chi connectivity index (χ4v) is 6.24. The molecule has 0 saturated heterocycles. The molecule has 5 nitrogen and oxygen atoms in total. The summed E-state index contributed by atoms with van der Waals surface area (Å²) < 4.78 is 18.7. The van der Waals surface area contributed by atoms with Crippen LogP contribution in [0.4, 0.5) is 5.69 Å². The fraction of sp³-hybridized carbons (Fsp3) is 0.346. The number of aliphatic imine (C=N–C) groups is 1. The van der Waals surface area contributed by atoms with Crippen molar-refractivity contribution < 1.29 is 4.21 Å². The Labute approximate surface area is 224 Å². The Balaban J connectivity index is 1.42. The standard InChI is InChI=1S/C26H30Cl2N4OS2/c1-5-16(2)18(4)30-24-15-32(13-12-17(24)3)35(33)20-8-6-19(7-9-20)34-31-23-11-10-21(27)25-22(28)14-29-26(23)25/h6-11,14,16,29,31H,5,12-13,15H2,1-4H3. The van der Waals surface area contributed by atoms with Crippen LogP contribution >= 0.6 is 35.1 Å². The summed E-state index contributed by atoms with van der Waals surface area (Å²) in [5, 5.41) is 2.01. The highest BCUT2D eigenvalue weighted by Gasteiger charge is 2.23. The molecule has 9 heteroatoms. The molecule has 1 aromatic heterocycles. The van der Waals surface area contributed by atoms with Gasteiger partial charge in [0.25, 0.3) is 0 Å². The first-order valence-corrected chi connectivity index (χ1v) is 14.3. The van der Waals surface area contributed by atoms with Gasteiger partial charge < -0.3 is 9.71 Å². The van der Waals surface area contributed by atoms with E-state index >= 15 is 0 Å². The quantitative estimate of drug-likeness (QED) is 0.220.